The van der Waals surface area contributed by atoms with Crippen LogP contribution in [0.1, 0.15) is 94.0 Å². The summed E-state index contributed by atoms with van der Waals surface area (Å²) >= 11 is 0. The van der Waals surface area contributed by atoms with Crippen molar-refractivity contribution in [2.24, 2.45) is 5.92 Å². The second-order valence-electron chi connectivity index (χ2n) is 12.2. The van der Waals surface area contributed by atoms with Crippen LogP contribution in [-0.2, 0) is 15.8 Å². The standard InChI is InChI=1S/C18H21NO3S.C11H13NO2.C8H16/c1-12(2)17(18(20)21)19-23(22)16-10-8-15(9-11-16)14-6-4-13(3)5-7-14;13-10-5-3-9(4-6-10)11(14)12-7-1-2-8-12;1-2-4-6-8-7-5-3-1/h4-12,17,19H,1-3H3,(H,20,21);3-6,13H,1-2,7-8H2;1-8H2. The van der Waals surface area contributed by atoms with Gasteiger partial charge in [0.15, 0.2) is 0 Å². The Hall–Kier alpha value is -3.49. The number of nitrogens with zero attached hydrogens (tertiary/aromatic N) is 1. The lowest BCUT2D eigenvalue weighted by atomic mass is 10.0. The lowest BCUT2D eigenvalue weighted by Crippen LogP contribution is -2.41. The van der Waals surface area contributed by atoms with Crippen LogP contribution in [0.3, 0.4) is 0 Å². The zero-order valence-electron chi connectivity index (χ0n) is 27.0. The molecule has 1 amide bonds. The molecular formula is C37H50N2O5S. The van der Waals surface area contributed by atoms with Crippen LogP contribution in [0.4, 0.5) is 0 Å². The van der Waals surface area contributed by atoms with Gasteiger partial charge in [-0.3, -0.25) is 9.59 Å². The molecule has 1 heterocycles. The van der Waals surface area contributed by atoms with E-state index in [1.165, 1.54) is 56.9 Å². The molecule has 2 unspecified atom stereocenters. The van der Waals surface area contributed by atoms with Gasteiger partial charge >= 0.3 is 5.97 Å². The molecule has 1 saturated heterocycles. The smallest absolute Gasteiger partial charge is 0.321 e. The maximum atomic E-state index is 12.3. The number of hydrogen-bond donors (Lipinski definition) is 3. The van der Waals surface area contributed by atoms with E-state index in [0.29, 0.717) is 10.5 Å². The largest absolute Gasteiger partial charge is 0.508 e. The zero-order valence-corrected chi connectivity index (χ0v) is 27.9. The Morgan fingerprint density at radius 1 is 0.711 bits per heavy atom. The maximum absolute atomic E-state index is 12.3. The number of carboxylic acids is 1. The van der Waals surface area contributed by atoms with E-state index in [0.717, 1.165) is 37.1 Å². The number of aliphatic carboxylic acids is 1. The summed E-state index contributed by atoms with van der Waals surface area (Å²) in [5.74, 6) is -0.877. The highest BCUT2D eigenvalue weighted by Gasteiger charge is 2.23. The number of benzene rings is 3. The second-order valence-corrected chi connectivity index (χ2v) is 13.5. The Balaban J connectivity index is 0.000000210. The van der Waals surface area contributed by atoms with E-state index in [1.807, 2.05) is 48.2 Å². The van der Waals surface area contributed by atoms with Crippen molar-refractivity contribution in [3.63, 3.8) is 0 Å². The molecule has 2 aliphatic rings. The highest BCUT2D eigenvalue weighted by molar-refractivity contribution is 7.83. The number of carboxylic acid groups (broad SMARTS) is 1. The number of hydrogen-bond acceptors (Lipinski definition) is 4. The van der Waals surface area contributed by atoms with Crippen molar-refractivity contribution >= 4 is 22.9 Å². The third kappa shape index (κ3) is 12.4. The summed E-state index contributed by atoms with van der Waals surface area (Å²) in [5.41, 5.74) is 3.98. The molecule has 5 rings (SSSR count). The molecule has 7 nitrogen and oxygen atoms in total. The van der Waals surface area contributed by atoms with E-state index < -0.39 is 23.0 Å². The average Bonchev–Trinajstić information content (AvgIpc) is 3.56. The molecule has 0 bridgehead atoms. The molecule has 2 atom stereocenters. The number of nitrogens with one attached hydrogen (secondary N) is 1. The van der Waals surface area contributed by atoms with Gasteiger partial charge in [0.05, 0.1) is 4.90 Å². The van der Waals surface area contributed by atoms with Gasteiger partial charge in [-0.2, -0.15) is 0 Å². The molecule has 45 heavy (non-hydrogen) atoms. The van der Waals surface area contributed by atoms with Crippen LogP contribution in [0.2, 0.25) is 0 Å². The van der Waals surface area contributed by atoms with Crippen molar-refractivity contribution in [2.75, 3.05) is 13.1 Å². The molecule has 0 aromatic heterocycles. The highest BCUT2D eigenvalue weighted by atomic mass is 32.2. The van der Waals surface area contributed by atoms with Gasteiger partial charge < -0.3 is 15.1 Å². The summed E-state index contributed by atoms with van der Waals surface area (Å²) in [6.45, 7) is 7.32. The van der Waals surface area contributed by atoms with Crippen molar-refractivity contribution in [3.05, 3.63) is 83.9 Å². The van der Waals surface area contributed by atoms with Crippen LogP contribution >= 0.6 is 0 Å². The lowest BCUT2D eigenvalue weighted by Gasteiger charge is -2.17. The minimum atomic E-state index is -1.55. The molecule has 3 aromatic rings. The zero-order chi connectivity index (χ0) is 32.6. The van der Waals surface area contributed by atoms with Crippen LogP contribution in [0, 0.1) is 12.8 Å². The fourth-order valence-electron chi connectivity index (χ4n) is 5.29. The Morgan fingerprint density at radius 3 is 1.58 bits per heavy atom. The monoisotopic (exact) mass is 634 g/mol. The first-order valence-corrected chi connectivity index (χ1v) is 17.5. The molecule has 8 heteroatoms. The number of aromatic hydroxyl groups is 1. The summed E-state index contributed by atoms with van der Waals surface area (Å²) < 4.78 is 15.0. The summed E-state index contributed by atoms with van der Waals surface area (Å²) in [7, 11) is -1.55. The van der Waals surface area contributed by atoms with Gasteiger partial charge in [0, 0.05) is 18.7 Å². The molecular weight excluding hydrogens is 584 g/mol. The van der Waals surface area contributed by atoms with Crippen LogP contribution in [0.15, 0.2) is 77.7 Å². The molecule has 3 aromatic carbocycles. The number of phenolic OH excluding ortho intramolecular Hbond substituents is 1. The van der Waals surface area contributed by atoms with Gasteiger partial charge in [-0.15, -0.1) is 0 Å². The molecule has 1 aliphatic heterocycles. The molecule has 0 spiro atoms. The Morgan fingerprint density at radius 2 is 1.16 bits per heavy atom. The number of rotatable bonds is 7. The van der Waals surface area contributed by atoms with Crippen molar-refractivity contribution < 1.29 is 24.0 Å². The van der Waals surface area contributed by atoms with Crippen molar-refractivity contribution in [1.82, 2.24) is 9.62 Å². The number of amides is 1. The van der Waals surface area contributed by atoms with Crippen LogP contribution in [-0.4, -0.2) is 50.3 Å². The minimum Gasteiger partial charge on any atom is -0.508 e. The number of phenols is 1. The molecule has 2 fully saturated rings. The SMILES string of the molecule is C1CCCCCCC1.Cc1ccc(-c2ccc(S(=O)NC(C(=O)O)C(C)C)cc2)cc1.O=C(c1ccc(O)cc1)N1CCCC1. The van der Waals surface area contributed by atoms with Gasteiger partial charge in [0.25, 0.3) is 5.91 Å². The van der Waals surface area contributed by atoms with Gasteiger partial charge in [-0.1, -0.05) is 107 Å². The fourth-order valence-corrected chi connectivity index (χ4v) is 6.42. The predicted octanol–water partition coefficient (Wildman–Crippen LogP) is 8.13. The summed E-state index contributed by atoms with van der Waals surface area (Å²) in [6.07, 6.45) is 14.2. The van der Waals surface area contributed by atoms with Crippen LogP contribution in [0.25, 0.3) is 11.1 Å². The Bertz CT molecular complexity index is 1310. The number of aryl methyl sites for hydroxylation is 1. The Kier molecular flexibility index (Phi) is 15.3. The molecule has 1 saturated carbocycles. The van der Waals surface area contributed by atoms with Gasteiger partial charge in [-0.05, 0) is 73.2 Å². The molecule has 244 valence electrons. The van der Waals surface area contributed by atoms with E-state index in [1.54, 1.807) is 50.2 Å². The third-order valence-electron chi connectivity index (χ3n) is 8.13. The first-order valence-electron chi connectivity index (χ1n) is 16.3. The molecule has 0 radical (unpaired) electrons. The van der Waals surface area contributed by atoms with Crippen LogP contribution in [0.5, 0.6) is 5.75 Å². The van der Waals surface area contributed by atoms with Gasteiger partial charge in [-0.25, -0.2) is 8.93 Å². The highest BCUT2D eigenvalue weighted by Crippen LogP contribution is 2.22. The fraction of sp³-hybridized carbons (Fsp3) is 0.459. The summed E-state index contributed by atoms with van der Waals surface area (Å²) in [6, 6.07) is 21.1. The van der Waals surface area contributed by atoms with E-state index in [4.69, 9.17) is 10.2 Å². The average molecular weight is 635 g/mol. The Labute approximate surface area is 271 Å². The number of likely N-dealkylation sites (tertiary alicyclic amines) is 1. The predicted molar refractivity (Wildman–Crippen MR) is 183 cm³/mol. The normalized spacial score (nSPS) is 16.2. The topological polar surface area (TPSA) is 107 Å². The minimum absolute atomic E-state index is 0.0718. The van der Waals surface area contributed by atoms with E-state index in [2.05, 4.69) is 4.72 Å². The number of carbonyl (C=O) groups excluding carboxylic acids is 1. The quantitative estimate of drug-likeness (QED) is 0.243. The van der Waals surface area contributed by atoms with E-state index >= 15 is 0 Å². The summed E-state index contributed by atoms with van der Waals surface area (Å²) in [4.78, 5) is 25.4. The van der Waals surface area contributed by atoms with Crippen molar-refractivity contribution in [1.29, 1.82) is 0 Å². The van der Waals surface area contributed by atoms with Gasteiger partial charge in [0.1, 0.15) is 22.8 Å². The van der Waals surface area contributed by atoms with Gasteiger partial charge in [0.2, 0.25) is 0 Å². The van der Waals surface area contributed by atoms with E-state index in [9.17, 15) is 13.8 Å². The van der Waals surface area contributed by atoms with E-state index in [-0.39, 0.29) is 17.6 Å². The second kappa shape index (κ2) is 19.1. The molecule has 1 aliphatic carbocycles. The lowest BCUT2D eigenvalue weighted by molar-refractivity contribution is -0.140. The third-order valence-corrected chi connectivity index (χ3v) is 9.30. The maximum Gasteiger partial charge on any atom is 0.321 e. The first-order chi connectivity index (χ1) is 21.7. The van der Waals surface area contributed by atoms with Crippen molar-refractivity contribution in [2.45, 2.75) is 95.9 Å². The number of carbonyl (C=O) groups is 2. The summed E-state index contributed by atoms with van der Waals surface area (Å²) in [5, 5.41) is 18.2. The first kappa shape index (κ1) is 36.0. The van der Waals surface area contributed by atoms with Crippen LogP contribution < -0.4 is 4.72 Å². The van der Waals surface area contributed by atoms with Crippen molar-refractivity contribution in [3.8, 4) is 16.9 Å². The molecule has 3 N–H and O–H groups in total.